The fraction of sp³-hybridized carbons (Fsp3) is 0.286. The summed E-state index contributed by atoms with van der Waals surface area (Å²) in [6.45, 7) is -0.0227. The van der Waals surface area contributed by atoms with Crippen LogP contribution in [0.3, 0.4) is 0 Å². The molecule has 0 aliphatic carbocycles. The maximum atomic E-state index is 13.3. The number of halogens is 3. The van der Waals surface area contributed by atoms with Crippen LogP contribution in [0.5, 0.6) is 0 Å². The second-order valence-corrected chi connectivity index (χ2v) is 7.71. The Bertz CT molecular complexity index is 1140. The van der Waals surface area contributed by atoms with Crippen molar-refractivity contribution in [1.29, 1.82) is 0 Å². The van der Waals surface area contributed by atoms with Crippen LogP contribution in [-0.2, 0) is 6.54 Å². The normalized spacial score (nSPS) is 15.8. The molecule has 3 aromatic rings. The van der Waals surface area contributed by atoms with Crippen LogP contribution in [0, 0.1) is 0 Å². The third kappa shape index (κ3) is 4.61. The second-order valence-electron chi connectivity index (χ2n) is 7.30. The fourth-order valence-corrected chi connectivity index (χ4v) is 3.71. The molecule has 0 bridgehead atoms. The van der Waals surface area contributed by atoms with Crippen molar-refractivity contribution < 1.29 is 27.9 Å². The van der Waals surface area contributed by atoms with E-state index in [-0.39, 0.29) is 44.3 Å². The van der Waals surface area contributed by atoms with Gasteiger partial charge in [0.1, 0.15) is 5.52 Å². The predicted octanol–water partition coefficient (Wildman–Crippen LogP) is 4.79. The summed E-state index contributed by atoms with van der Waals surface area (Å²) in [5.41, 5.74) is 2.75. The molecule has 31 heavy (non-hydrogen) atoms. The van der Waals surface area contributed by atoms with Crippen LogP contribution in [0.15, 0.2) is 40.8 Å². The topological polar surface area (TPSA) is 95.7 Å². The molecule has 0 saturated carbocycles. The highest BCUT2D eigenvalue weighted by Gasteiger charge is 2.35. The molecule has 1 aliphatic heterocycles. The van der Waals surface area contributed by atoms with Gasteiger partial charge in [-0.25, -0.2) is 18.6 Å². The van der Waals surface area contributed by atoms with E-state index in [4.69, 9.17) is 21.1 Å². The van der Waals surface area contributed by atoms with Gasteiger partial charge in [0.15, 0.2) is 5.58 Å². The van der Waals surface area contributed by atoms with Crippen molar-refractivity contribution in [2.24, 2.45) is 0 Å². The number of oxazole rings is 1. The molecule has 1 saturated heterocycles. The molecule has 2 aromatic carbocycles. The summed E-state index contributed by atoms with van der Waals surface area (Å²) in [6.07, 6.45) is -1.84. The number of benzene rings is 2. The first kappa shape index (κ1) is 21.0. The SMILES string of the molecule is O=C(O)NCc1nc2cc(-c3ccc(C(=O)N4CCC(F)(F)CC4)cc3)cc(Cl)c2o1. The van der Waals surface area contributed by atoms with Gasteiger partial charge >= 0.3 is 6.09 Å². The molecule has 0 unspecified atom stereocenters. The van der Waals surface area contributed by atoms with Gasteiger partial charge in [-0.15, -0.1) is 0 Å². The van der Waals surface area contributed by atoms with E-state index >= 15 is 0 Å². The van der Waals surface area contributed by atoms with Crippen molar-refractivity contribution in [2.45, 2.75) is 25.3 Å². The van der Waals surface area contributed by atoms with Crippen LogP contribution >= 0.6 is 11.6 Å². The van der Waals surface area contributed by atoms with Crippen LogP contribution in [0.25, 0.3) is 22.2 Å². The molecular formula is C21H18ClF2N3O4. The Hall–Kier alpha value is -3.20. The van der Waals surface area contributed by atoms with Crippen LogP contribution in [0.2, 0.25) is 5.02 Å². The Morgan fingerprint density at radius 1 is 1.16 bits per heavy atom. The first-order chi connectivity index (χ1) is 14.7. The number of carboxylic acid groups (broad SMARTS) is 1. The van der Waals surface area contributed by atoms with E-state index in [1.165, 1.54) is 4.90 Å². The molecule has 2 amide bonds. The Morgan fingerprint density at radius 2 is 1.84 bits per heavy atom. The third-order valence-corrected chi connectivity index (χ3v) is 5.41. The van der Waals surface area contributed by atoms with Gasteiger partial charge in [0.2, 0.25) is 5.89 Å². The monoisotopic (exact) mass is 449 g/mol. The summed E-state index contributed by atoms with van der Waals surface area (Å²) in [5, 5.41) is 11.2. The summed E-state index contributed by atoms with van der Waals surface area (Å²) in [7, 11) is 0. The molecule has 2 N–H and O–H groups in total. The Morgan fingerprint density at radius 3 is 2.48 bits per heavy atom. The zero-order valence-electron chi connectivity index (χ0n) is 16.2. The van der Waals surface area contributed by atoms with Crippen molar-refractivity contribution in [1.82, 2.24) is 15.2 Å². The minimum Gasteiger partial charge on any atom is -0.465 e. The first-order valence-electron chi connectivity index (χ1n) is 9.55. The van der Waals surface area contributed by atoms with Gasteiger partial charge in [0.05, 0.1) is 11.6 Å². The highest BCUT2D eigenvalue weighted by atomic mass is 35.5. The van der Waals surface area contributed by atoms with Gasteiger partial charge in [-0.3, -0.25) is 4.79 Å². The highest BCUT2D eigenvalue weighted by molar-refractivity contribution is 6.35. The maximum Gasteiger partial charge on any atom is 0.405 e. The fourth-order valence-electron chi connectivity index (χ4n) is 3.46. The van der Waals surface area contributed by atoms with Crippen molar-refractivity contribution in [2.75, 3.05) is 13.1 Å². The number of rotatable bonds is 4. The molecule has 1 fully saturated rings. The van der Waals surface area contributed by atoms with Gasteiger partial charge in [0, 0.05) is 31.5 Å². The second kappa shape index (κ2) is 8.14. The summed E-state index contributed by atoms with van der Waals surface area (Å²) in [6, 6.07) is 10.2. The average molecular weight is 450 g/mol. The summed E-state index contributed by atoms with van der Waals surface area (Å²) >= 11 is 6.30. The minimum absolute atomic E-state index is 0.0328. The highest BCUT2D eigenvalue weighted by Crippen LogP contribution is 2.32. The molecule has 2 heterocycles. The van der Waals surface area contributed by atoms with E-state index in [1.807, 2.05) is 0 Å². The maximum absolute atomic E-state index is 13.3. The van der Waals surface area contributed by atoms with Gasteiger partial charge in [-0.2, -0.15) is 0 Å². The number of nitrogens with zero attached hydrogens (tertiary/aromatic N) is 2. The number of likely N-dealkylation sites (tertiary alicyclic amines) is 1. The van der Waals surface area contributed by atoms with E-state index in [0.717, 1.165) is 11.1 Å². The third-order valence-electron chi connectivity index (χ3n) is 5.13. The van der Waals surface area contributed by atoms with Crippen LogP contribution < -0.4 is 5.32 Å². The number of hydrogen-bond acceptors (Lipinski definition) is 4. The van der Waals surface area contributed by atoms with Gasteiger partial charge < -0.3 is 19.7 Å². The van der Waals surface area contributed by atoms with Gasteiger partial charge in [-0.05, 0) is 35.4 Å². The van der Waals surface area contributed by atoms with Crippen molar-refractivity contribution in [3.05, 3.63) is 52.9 Å². The Labute approximate surface area is 180 Å². The average Bonchev–Trinajstić information content (AvgIpc) is 3.16. The van der Waals surface area contributed by atoms with Crippen LogP contribution in [0.1, 0.15) is 29.1 Å². The van der Waals surface area contributed by atoms with E-state index < -0.39 is 12.0 Å². The van der Waals surface area contributed by atoms with Crippen LogP contribution in [0.4, 0.5) is 13.6 Å². The molecular weight excluding hydrogens is 432 g/mol. The van der Waals surface area contributed by atoms with E-state index in [1.54, 1.807) is 36.4 Å². The molecule has 7 nitrogen and oxygen atoms in total. The smallest absolute Gasteiger partial charge is 0.405 e. The summed E-state index contributed by atoms with van der Waals surface area (Å²) < 4.78 is 32.1. The lowest BCUT2D eigenvalue weighted by Gasteiger charge is -2.31. The predicted molar refractivity (Wildman–Crippen MR) is 109 cm³/mol. The quantitative estimate of drug-likeness (QED) is 0.597. The largest absolute Gasteiger partial charge is 0.465 e. The standard InChI is InChI=1S/C21H18ClF2N3O4/c22-15-9-14(10-16-18(15)31-17(26-16)11-25-20(29)30)12-1-3-13(4-2-12)19(28)27-7-5-21(23,24)6-8-27/h1-4,9-10,25H,5-8,11H2,(H,29,30). The minimum atomic E-state index is -2.71. The van der Waals surface area contributed by atoms with Gasteiger partial charge in [0.25, 0.3) is 11.8 Å². The summed E-state index contributed by atoms with van der Waals surface area (Å²) in [5.74, 6) is -2.80. The zero-order valence-corrected chi connectivity index (χ0v) is 17.0. The molecule has 1 aliphatic rings. The number of aromatic nitrogens is 1. The molecule has 4 rings (SSSR count). The number of hydrogen-bond donors (Lipinski definition) is 2. The van der Waals surface area contributed by atoms with Gasteiger partial charge in [-0.1, -0.05) is 23.7 Å². The van der Waals surface area contributed by atoms with E-state index in [2.05, 4.69) is 10.3 Å². The van der Waals surface area contributed by atoms with Crippen molar-refractivity contribution in [3.8, 4) is 11.1 Å². The molecule has 0 atom stereocenters. The number of nitrogens with one attached hydrogen (secondary N) is 1. The number of fused-ring (bicyclic) bond motifs is 1. The van der Waals surface area contributed by atoms with Crippen molar-refractivity contribution >= 4 is 34.7 Å². The number of amides is 2. The van der Waals surface area contributed by atoms with E-state index in [0.29, 0.717) is 21.7 Å². The van der Waals surface area contributed by atoms with Crippen molar-refractivity contribution in [3.63, 3.8) is 0 Å². The number of carbonyl (C=O) groups excluding carboxylic acids is 1. The lowest BCUT2D eigenvalue weighted by Crippen LogP contribution is -2.42. The molecule has 162 valence electrons. The molecule has 1 aromatic heterocycles. The zero-order chi connectivity index (χ0) is 22.2. The lowest BCUT2D eigenvalue weighted by atomic mass is 10.0. The molecule has 10 heteroatoms. The number of carbonyl (C=O) groups is 2. The Balaban J connectivity index is 1.53. The number of piperidine rings is 1. The Kier molecular flexibility index (Phi) is 5.53. The van der Waals surface area contributed by atoms with Crippen LogP contribution in [-0.4, -0.2) is 46.0 Å². The first-order valence-corrected chi connectivity index (χ1v) is 9.93. The molecule has 0 spiro atoms. The number of alkyl halides is 2. The molecule has 0 radical (unpaired) electrons. The lowest BCUT2D eigenvalue weighted by molar-refractivity contribution is -0.0494. The summed E-state index contributed by atoms with van der Waals surface area (Å²) in [4.78, 5) is 28.9. The van der Waals surface area contributed by atoms with E-state index in [9.17, 15) is 18.4 Å².